The molecule has 104 valence electrons. The maximum atomic E-state index is 12.8. The van der Waals surface area contributed by atoms with Crippen LogP contribution >= 0.6 is 12.2 Å². The van der Waals surface area contributed by atoms with E-state index in [0.29, 0.717) is 4.99 Å². The fourth-order valence-corrected chi connectivity index (χ4v) is 2.18. The average Bonchev–Trinajstić information content (AvgIpc) is 2.42. The zero-order valence-corrected chi connectivity index (χ0v) is 12.1. The number of nitrogens with two attached hydrogens (primary N) is 1. The molecule has 0 fully saturated rings. The van der Waals surface area contributed by atoms with Crippen molar-refractivity contribution in [3.05, 3.63) is 65.5 Å². The van der Waals surface area contributed by atoms with Crippen molar-refractivity contribution >= 4 is 22.9 Å². The highest BCUT2D eigenvalue weighted by atomic mass is 32.1. The highest BCUT2D eigenvalue weighted by molar-refractivity contribution is 7.80. The smallest absolute Gasteiger partial charge is 0.123 e. The van der Waals surface area contributed by atoms with Crippen LogP contribution in [0.1, 0.15) is 18.1 Å². The number of hydrogen-bond donors (Lipinski definition) is 2. The van der Waals surface area contributed by atoms with Crippen molar-refractivity contribution in [1.29, 1.82) is 0 Å². The molecule has 2 rings (SSSR count). The fourth-order valence-electron chi connectivity index (χ4n) is 2.04. The van der Waals surface area contributed by atoms with Crippen molar-refractivity contribution in [2.45, 2.75) is 19.4 Å². The number of halogens is 1. The van der Waals surface area contributed by atoms with Crippen molar-refractivity contribution in [2.24, 2.45) is 5.73 Å². The van der Waals surface area contributed by atoms with E-state index in [1.54, 1.807) is 0 Å². The van der Waals surface area contributed by atoms with Gasteiger partial charge in [0.05, 0.1) is 0 Å². The van der Waals surface area contributed by atoms with Gasteiger partial charge in [0.2, 0.25) is 0 Å². The number of nitrogens with one attached hydrogen (secondary N) is 1. The summed E-state index contributed by atoms with van der Waals surface area (Å²) in [6.07, 6.45) is 0.831. The molecule has 0 aliphatic carbocycles. The summed E-state index contributed by atoms with van der Waals surface area (Å²) in [5.74, 6) is -0.206. The lowest BCUT2D eigenvalue weighted by Gasteiger charge is -2.15. The van der Waals surface area contributed by atoms with Gasteiger partial charge < -0.3 is 11.1 Å². The van der Waals surface area contributed by atoms with E-state index >= 15 is 0 Å². The van der Waals surface area contributed by atoms with Crippen molar-refractivity contribution < 1.29 is 4.39 Å². The summed E-state index contributed by atoms with van der Waals surface area (Å²) in [6, 6.07) is 14.5. The molecular weight excluding hydrogens is 271 g/mol. The molecule has 0 amide bonds. The minimum Gasteiger partial charge on any atom is -0.389 e. The van der Waals surface area contributed by atoms with Crippen LogP contribution in [0.2, 0.25) is 0 Å². The Bertz CT molecular complexity index is 578. The van der Waals surface area contributed by atoms with Crippen LogP contribution in [-0.2, 0) is 6.42 Å². The molecule has 0 saturated heterocycles. The quantitative estimate of drug-likeness (QED) is 0.827. The second kappa shape index (κ2) is 6.48. The Hall–Kier alpha value is -1.94. The third-order valence-electron chi connectivity index (χ3n) is 3.04. The summed E-state index contributed by atoms with van der Waals surface area (Å²) in [7, 11) is 0. The van der Waals surface area contributed by atoms with E-state index in [1.165, 1.54) is 12.1 Å². The molecule has 0 heterocycles. The highest BCUT2D eigenvalue weighted by Crippen LogP contribution is 2.13. The normalized spacial score (nSPS) is 11.9. The van der Waals surface area contributed by atoms with Gasteiger partial charge in [0.15, 0.2) is 0 Å². The molecule has 0 aliphatic rings. The van der Waals surface area contributed by atoms with Crippen LogP contribution in [0.15, 0.2) is 48.5 Å². The Morgan fingerprint density at radius 3 is 2.30 bits per heavy atom. The van der Waals surface area contributed by atoms with Gasteiger partial charge in [0.1, 0.15) is 10.8 Å². The van der Waals surface area contributed by atoms with Crippen LogP contribution in [0.4, 0.5) is 10.1 Å². The first-order valence-electron chi connectivity index (χ1n) is 6.45. The third kappa shape index (κ3) is 4.03. The number of rotatable bonds is 5. The van der Waals surface area contributed by atoms with Crippen LogP contribution in [0.5, 0.6) is 0 Å². The monoisotopic (exact) mass is 288 g/mol. The Labute approximate surface area is 123 Å². The largest absolute Gasteiger partial charge is 0.389 e. The van der Waals surface area contributed by atoms with E-state index in [0.717, 1.165) is 23.2 Å². The van der Waals surface area contributed by atoms with Crippen LogP contribution in [-0.4, -0.2) is 11.0 Å². The van der Waals surface area contributed by atoms with E-state index < -0.39 is 0 Å². The average molecular weight is 288 g/mol. The maximum absolute atomic E-state index is 12.8. The van der Waals surface area contributed by atoms with Crippen LogP contribution in [0.25, 0.3) is 0 Å². The Balaban J connectivity index is 1.95. The molecule has 1 atom stereocenters. The van der Waals surface area contributed by atoms with Crippen molar-refractivity contribution in [2.75, 3.05) is 5.32 Å². The first kappa shape index (κ1) is 14.5. The minimum absolute atomic E-state index is 0.206. The molecule has 4 heteroatoms. The lowest BCUT2D eigenvalue weighted by atomic mass is 10.1. The van der Waals surface area contributed by atoms with Gasteiger partial charge in [-0.15, -0.1) is 0 Å². The molecule has 0 aliphatic heterocycles. The summed E-state index contributed by atoms with van der Waals surface area (Å²) >= 11 is 4.92. The van der Waals surface area contributed by atoms with Crippen LogP contribution in [0.3, 0.4) is 0 Å². The van der Waals surface area contributed by atoms with E-state index in [1.807, 2.05) is 36.4 Å². The minimum atomic E-state index is -0.206. The van der Waals surface area contributed by atoms with E-state index in [2.05, 4.69) is 12.2 Å². The number of benzene rings is 2. The lowest BCUT2D eigenvalue weighted by Crippen LogP contribution is -2.18. The van der Waals surface area contributed by atoms with E-state index in [-0.39, 0.29) is 11.9 Å². The van der Waals surface area contributed by atoms with Gasteiger partial charge in [-0.25, -0.2) is 4.39 Å². The first-order chi connectivity index (χ1) is 9.54. The predicted molar refractivity (Wildman–Crippen MR) is 85.5 cm³/mol. The van der Waals surface area contributed by atoms with Gasteiger partial charge in [-0.3, -0.25) is 0 Å². The Morgan fingerprint density at radius 2 is 1.75 bits per heavy atom. The SMILES string of the molecule is CC(Cc1ccc(F)cc1)Nc1ccc(C(N)=S)cc1. The van der Waals surface area contributed by atoms with Gasteiger partial charge in [-0.1, -0.05) is 24.4 Å². The molecule has 0 spiro atoms. The maximum Gasteiger partial charge on any atom is 0.123 e. The van der Waals surface area contributed by atoms with Gasteiger partial charge in [0, 0.05) is 17.3 Å². The lowest BCUT2D eigenvalue weighted by molar-refractivity contribution is 0.626. The fraction of sp³-hybridized carbons (Fsp3) is 0.188. The summed E-state index contributed by atoms with van der Waals surface area (Å²) in [5.41, 5.74) is 8.53. The van der Waals surface area contributed by atoms with Crippen molar-refractivity contribution in [3.8, 4) is 0 Å². The zero-order valence-electron chi connectivity index (χ0n) is 11.3. The molecule has 0 bridgehead atoms. The molecule has 2 nitrogen and oxygen atoms in total. The molecular formula is C16H17FN2S. The Kier molecular flexibility index (Phi) is 4.69. The van der Waals surface area contributed by atoms with Gasteiger partial charge in [-0.05, 0) is 55.3 Å². The number of anilines is 1. The molecule has 0 aromatic heterocycles. The zero-order chi connectivity index (χ0) is 14.5. The summed E-state index contributed by atoms with van der Waals surface area (Å²) in [6.45, 7) is 2.09. The molecule has 2 aromatic carbocycles. The van der Waals surface area contributed by atoms with Gasteiger partial charge in [0.25, 0.3) is 0 Å². The van der Waals surface area contributed by atoms with Gasteiger partial charge >= 0.3 is 0 Å². The van der Waals surface area contributed by atoms with Crippen molar-refractivity contribution in [3.63, 3.8) is 0 Å². The molecule has 3 N–H and O–H groups in total. The molecule has 1 unspecified atom stereocenters. The molecule has 0 saturated carbocycles. The second-order valence-electron chi connectivity index (χ2n) is 4.82. The third-order valence-corrected chi connectivity index (χ3v) is 3.27. The number of thiocarbonyl (C=S) groups is 1. The van der Waals surface area contributed by atoms with Crippen LogP contribution < -0.4 is 11.1 Å². The van der Waals surface area contributed by atoms with Crippen LogP contribution in [0, 0.1) is 5.82 Å². The standard InChI is InChI=1S/C16H17FN2S/c1-11(10-12-2-6-14(17)7-3-12)19-15-8-4-13(5-9-15)16(18)20/h2-9,11,19H,10H2,1H3,(H2,18,20). The summed E-state index contributed by atoms with van der Waals surface area (Å²) < 4.78 is 12.8. The molecule has 20 heavy (non-hydrogen) atoms. The van der Waals surface area contributed by atoms with Crippen molar-refractivity contribution in [1.82, 2.24) is 0 Å². The van der Waals surface area contributed by atoms with Gasteiger partial charge in [-0.2, -0.15) is 0 Å². The number of hydrogen-bond acceptors (Lipinski definition) is 2. The first-order valence-corrected chi connectivity index (χ1v) is 6.86. The van der Waals surface area contributed by atoms with E-state index in [9.17, 15) is 4.39 Å². The summed E-state index contributed by atoms with van der Waals surface area (Å²) in [4.78, 5) is 0.399. The second-order valence-corrected chi connectivity index (χ2v) is 5.26. The highest BCUT2D eigenvalue weighted by Gasteiger charge is 2.04. The van der Waals surface area contributed by atoms with E-state index in [4.69, 9.17) is 18.0 Å². The molecule has 2 aromatic rings. The topological polar surface area (TPSA) is 38.0 Å². The summed E-state index contributed by atoms with van der Waals surface area (Å²) in [5, 5.41) is 3.39. The molecule has 0 radical (unpaired) electrons. The Morgan fingerprint density at radius 1 is 1.15 bits per heavy atom. The predicted octanol–water partition coefficient (Wildman–Crippen LogP) is 3.50.